The van der Waals surface area contributed by atoms with Gasteiger partial charge in [-0.15, -0.1) is 10.1 Å². The van der Waals surface area contributed by atoms with Gasteiger partial charge in [0.25, 0.3) is 23.6 Å². The maximum absolute atomic E-state index is 12.3. The van der Waals surface area contributed by atoms with Crippen molar-refractivity contribution >= 4 is 47.4 Å². The molecule has 0 spiro atoms. The summed E-state index contributed by atoms with van der Waals surface area (Å²) in [6, 6.07) is 0. The topological polar surface area (TPSA) is 248 Å². The number of amides is 6. The number of nitrogens with two attached hydrogens (primary N) is 1. The van der Waals surface area contributed by atoms with Gasteiger partial charge in [0.2, 0.25) is 11.8 Å². The third-order valence-corrected chi connectivity index (χ3v) is 18.8. The van der Waals surface area contributed by atoms with E-state index in [1.54, 1.807) is 0 Å². The minimum Gasteiger partial charge on any atom is -0.355 e. The van der Waals surface area contributed by atoms with Gasteiger partial charge in [-0.2, -0.15) is 0 Å². The zero-order valence-electron chi connectivity index (χ0n) is 43.6. The molecule has 0 atom stereocenters. The number of carbonyl (C=O) groups is 8. The second-order valence-corrected chi connectivity index (χ2v) is 25.0. The lowest BCUT2D eigenvalue weighted by Crippen LogP contribution is -2.51. The van der Waals surface area contributed by atoms with Crippen molar-refractivity contribution in [3.63, 3.8) is 0 Å². The SMILES string of the molecule is C.NCC12CC3CC(CC(C3)C1)C2.O=C(CCOCOCCC(=O)NCC12CC3CC(CC(C3)C1)C2)NCC12CC3CC(CC(C3)C1)C2.O=C(CCOCOCCC(=O)ON1C(=O)CCC1=O)ON1C(=O)CCC1=O. The van der Waals surface area contributed by atoms with Crippen LogP contribution in [0.25, 0.3) is 0 Å². The Bertz CT molecular complexity index is 1810. The van der Waals surface area contributed by atoms with Gasteiger partial charge in [-0.1, -0.05) is 7.43 Å². The third-order valence-electron chi connectivity index (χ3n) is 18.8. The van der Waals surface area contributed by atoms with E-state index in [-0.39, 0.29) is 84.6 Å². The first-order chi connectivity index (χ1) is 35.6. The molecule has 12 saturated carbocycles. The molecule has 14 rings (SSSR count). The average molecular weight is 1050 g/mol. The first kappa shape index (κ1) is 57.1. The third kappa shape index (κ3) is 15.2. The largest absolute Gasteiger partial charge is 0.355 e. The smallest absolute Gasteiger partial charge is 0.335 e. The van der Waals surface area contributed by atoms with E-state index in [9.17, 15) is 38.4 Å². The molecule has 19 nitrogen and oxygen atoms in total. The van der Waals surface area contributed by atoms with Crippen molar-refractivity contribution in [1.82, 2.24) is 20.8 Å². The van der Waals surface area contributed by atoms with Crippen LogP contribution in [0, 0.1) is 69.5 Å². The molecule has 4 N–H and O–H groups in total. The van der Waals surface area contributed by atoms with Crippen molar-refractivity contribution in [3.05, 3.63) is 0 Å². The van der Waals surface area contributed by atoms with Crippen LogP contribution in [-0.2, 0) is 67.0 Å². The molecule has 14 aliphatic rings. The minimum atomic E-state index is -0.804. The summed E-state index contributed by atoms with van der Waals surface area (Å²) in [6.07, 6.45) is 25.9. The number of hydrogen-bond donors (Lipinski definition) is 3. The normalized spacial score (nSPS) is 34.9. The van der Waals surface area contributed by atoms with Crippen LogP contribution in [0.3, 0.4) is 0 Å². The maximum atomic E-state index is 12.3. The number of hydroxylamine groups is 4. The van der Waals surface area contributed by atoms with E-state index in [4.69, 9.17) is 24.7 Å². The molecular weight excluding hydrogens is 967 g/mol. The highest BCUT2D eigenvalue weighted by atomic mass is 16.7. The molecule has 0 radical (unpaired) electrons. The predicted molar refractivity (Wildman–Crippen MR) is 270 cm³/mol. The Morgan fingerprint density at radius 2 is 0.680 bits per heavy atom. The Kier molecular flexibility index (Phi) is 19.5. The van der Waals surface area contributed by atoms with Gasteiger partial charge >= 0.3 is 11.9 Å². The Labute approximate surface area is 443 Å². The summed E-state index contributed by atoms with van der Waals surface area (Å²) in [7, 11) is 0. The van der Waals surface area contributed by atoms with Crippen molar-refractivity contribution in [1.29, 1.82) is 0 Å². The van der Waals surface area contributed by atoms with Gasteiger partial charge in [0.05, 0.1) is 52.1 Å². The summed E-state index contributed by atoms with van der Waals surface area (Å²) < 4.78 is 21.0. The van der Waals surface area contributed by atoms with Crippen LogP contribution in [0.4, 0.5) is 0 Å². The van der Waals surface area contributed by atoms with E-state index >= 15 is 0 Å². The molecule has 14 fully saturated rings. The number of ether oxygens (including phenoxy) is 4. The van der Waals surface area contributed by atoms with E-state index in [1.165, 1.54) is 116 Å². The number of hydrogen-bond acceptors (Lipinski definition) is 15. The van der Waals surface area contributed by atoms with E-state index < -0.39 is 35.6 Å². The second-order valence-electron chi connectivity index (χ2n) is 25.0. The van der Waals surface area contributed by atoms with Crippen LogP contribution in [-0.4, -0.2) is 117 Å². The van der Waals surface area contributed by atoms with Crippen molar-refractivity contribution in [2.24, 2.45) is 75.2 Å². The van der Waals surface area contributed by atoms with Crippen LogP contribution in [0.2, 0.25) is 0 Å². The molecule has 75 heavy (non-hydrogen) atoms. The summed E-state index contributed by atoms with van der Waals surface area (Å²) in [5.41, 5.74) is 7.31. The molecule has 0 unspecified atom stereocenters. The summed E-state index contributed by atoms with van der Waals surface area (Å²) in [6.45, 7) is 3.14. The lowest BCUT2D eigenvalue weighted by atomic mass is 9.49. The molecule has 0 aromatic rings. The maximum Gasteiger partial charge on any atom is 0.335 e. The Hall–Kier alpha value is -4.04. The Morgan fingerprint density at radius 3 is 0.947 bits per heavy atom. The summed E-state index contributed by atoms with van der Waals surface area (Å²) in [4.78, 5) is 102. The fourth-order valence-corrected chi connectivity index (χ4v) is 16.9. The molecule has 12 aliphatic carbocycles. The number of rotatable bonds is 23. The zero-order chi connectivity index (χ0) is 51.9. The van der Waals surface area contributed by atoms with Crippen LogP contribution in [0.5, 0.6) is 0 Å². The van der Waals surface area contributed by atoms with Gasteiger partial charge in [0.15, 0.2) is 0 Å². The van der Waals surface area contributed by atoms with E-state index in [0.29, 0.717) is 52.4 Å². The minimum absolute atomic E-state index is 0. The monoisotopic (exact) mass is 1050 g/mol. The Balaban J connectivity index is 0.000000165. The highest BCUT2D eigenvalue weighted by molar-refractivity contribution is 6.02. The highest BCUT2D eigenvalue weighted by Gasteiger charge is 2.53. The molecule has 6 amide bonds. The van der Waals surface area contributed by atoms with Gasteiger partial charge in [0.1, 0.15) is 13.6 Å². The van der Waals surface area contributed by atoms with Crippen molar-refractivity contribution in [3.8, 4) is 0 Å². The molecule has 2 saturated heterocycles. The van der Waals surface area contributed by atoms with Crippen LogP contribution >= 0.6 is 0 Å². The first-order valence-corrected chi connectivity index (χ1v) is 28.3. The van der Waals surface area contributed by atoms with Crippen LogP contribution < -0.4 is 16.4 Å². The van der Waals surface area contributed by atoms with Gasteiger partial charge in [0, 0.05) is 38.8 Å². The summed E-state index contributed by atoms with van der Waals surface area (Å²) in [5.74, 6) is 4.99. The molecule has 2 aliphatic heterocycles. The number of carbonyl (C=O) groups excluding carboxylic acids is 8. The molecular formula is C56H87N5O14. The molecule has 2 heterocycles. The number of nitrogens with zero attached hydrogens (tertiary/aromatic N) is 2. The molecule has 0 aromatic heterocycles. The van der Waals surface area contributed by atoms with Gasteiger partial charge in [-0.25, -0.2) is 9.59 Å². The van der Waals surface area contributed by atoms with Crippen molar-refractivity contribution in [2.75, 3.05) is 59.6 Å². The van der Waals surface area contributed by atoms with E-state index in [2.05, 4.69) is 20.3 Å². The van der Waals surface area contributed by atoms with Crippen LogP contribution in [0.1, 0.15) is 174 Å². The van der Waals surface area contributed by atoms with Crippen molar-refractivity contribution in [2.45, 2.75) is 174 Å². The average Bonchev–Trinajstić information content (AvgIpc) is 3.84. The second kappa shape index (κ2) is 25.6. The number of imide groups is 2. The lowest BCUT2D eigenvalue weighted by molar-refractivity contribution is -0.199. The highest BCUT2D eigenvalue weighted by Crippen LogP contribution is 2.62. The fourth-order valence-electron chi connectivity index (χ4n) is 16.9. The first-order valence-electron chi connectivity index (χ1n) is 28.3. The molecule has 420 valence electrons. The molecule has 12 bridgehead atoms. The zero-order valence-corrected chi connectivity index (χ0v) is 43.6. The van der Waals surface area contributed by atoms with Gasteiger partial charge in [-0.3, -0.25) is 28.8 Å². The lowest BCUT2D eigenvalue weighted by Gasteiger charge is -2.56. The standard InChI is InChI=1S/C29H46N2O4.C15H18N2O10.C11H19N.CH4/c32-26(30-17-28-11-20-5-21(12-28)7-22(6-20)13-28)1-3-34-19-35-4-2-27(33)31-18-29-14-23-8-24(15-29)10-25(9-23)16-29;18-10-1-2-11(19)16(10)26-14(22)5-7-24-9-25-8-6-15(23)27-17-12(20)3-4-13(17)21;12-7-11-4-8-1-9(5-11)3-10(2-8)6-11;/h20-25H,1-19H2,(H,30,32)(H,31,33);1-9H2;8-10H,1-7,12H2;1H4. The van der Waals surface area contributed by atoms with Gasteiger partial charge < -0.3 is 45.0 Å². The summed E-state index contributed by atoms with van der Waals surface area (Å²) >= 11 is 0. The van der Waals surface area contributed by atoms with E-state index in [1.807, 2.05) is 0 Å². The quantitative estimate of drug-likeness (QED) is 0.0586. The van der Waals surface area contributed by atoms with E-state index in [0.717, 1.165) is 72.9 Å². The van der Waals surface area contributed by atoms with Gasteiger partial charge in [-0.05, 0) is 192 Å². The number of nitrogens with one attached hydrogen (secondary N) is 2. The van der Waals surface area contributed by atoms with Crippen LogP contribution in [0.15, 0.2) is 0 Å². The summed E-state index contributed by atoms with van der Waals surface area (Å²) in [5, 5.41) is 7.30. The van der Waals surface area contributed by atoms with Crippen molar-refractivity contribution < 1.29 is 67.0 Å². The molecule has 19 heteroatoms. The predicted octanol–water partition coefficient (Wildman–Crippen LogP) is 6.19. The molecule has 0 aromatic carbocycles. The fraction of sp³-hybridized carbons (Fsp3) is 0.857. The Morgan fingerprint density at radius 1 is 0.427 bits per heavy atom.